The Morgan fingerprint density at radius 2 is 2.25 bits per heavy atom. The lowest BCUT2D eigenvalue weighted by Crippen LogP contribution is -2.31. The Hall–Kier alpha value is -1.55. The van der Waals surface area contributed by atoms with Crippen LogP contribution >= 0.6 is 0 Å². The summed E-state index contributed by atoms with van der Waals surface area (Å²) in [5.74, 6) is 0.627. The summed E-state index contributed by atoms with van der Waals surface area (Å²) >= 11 is 0. The molecule has 1 aromatic rings. The first-order valence-corrected chi connectivity index (χ1v) is 7.27. The van der Waals surface area contributed by atoms with Crippen molar-refractivity contribution >= 4 is 11.6 Å². The number of anilines is 1. The Balaban J connectivity index is 1.78. The maximum absolute atomic E-state index is 11.6. The molecule has 1 saturated heterocycles. The topological polar surface area (TPSA) is 41.6 Å². The van der Waals surface area contributed by atoms with E-state index in [1.807, 2.05) is 0 Å². The third-order valence-electron chi connectivity index (χ3n) is 3.86. The van der Waals surface area contributed by atoms with Crippen molar-refractivity contribution in [2.75, 3.05) is 38.3 Å². The molecule has 1 aliphatic rings. The summed E-state index contributed by atoms with van der Waals surface area (Å²) in [7, 11) is 1.62. The second-order valence-corrected chi connectivity index (χ2v) is 5.43. The molecule has 1 atom stereocenters. The smallest absolute Gasteiger partial charge is 0.222 e. The van der Waals surface area contributed by atoms with E-state index in [1.54, 1.807) is 7.11 Å². The number of benzene rings is 1. The molecule has 1 aliphatic heterocycles. The molecule has 110 valence electrons. The minimum Gasteiger partial charge on any atom is -0.384 e. The highest BCUT2D eigenvalue weighted by Crippen LogP contribution is 2.26. The third kappa shape index (κ3) is 3.97. The van der Waals surface area contributed by atoms with E-state index in [9.17, 15) is 4.79 Å². The molecule has 0 saturated carbocycles. The average Bonchev–Trinajstić information content (AvgIpc) is 2.92. The first-order valence-electron chi connectivity index (χ1n) is 7.27. The highest BCUT2D eigenvalue weighted by molar-refractivity contribution is 5.75. The van der Waals surface area contributed by atoms with Crippen LogP contribution in [0.2, 0.25) is 0 Å². The fraction of sp³-hybridized carbons (Fsp3) is 0.562. The summed E-state index contributed by atoms with van der Waals surface area (Å²) in [5, 5.41) is 3.00. The van der Waals surface area contributed by atoms with Crippen molar-refractivity contribution in [2.24, 2.45) is 5.92 Å². The zero-order valence-electron chi connectivity index (χ0n) is 12.4. The van der Waals surface area contributed by atoms with Crippen molar-refractivity contribution in [1.82, 2.24) is 5.32 Å². The van der Waals surface area contributed by atoms with Crippen molar-refractivity contribution < 1.29 is 9.53 Å². The normalized spacial score (nSPS) is 18.3. The monoisotopic (exact) mass is 276 g/mol. The summed E-state index contributed by atoms with van der Waals surface area (Å²) in [6, 6.07) is 8.48. The van der Waals surface area contributed by atoms with Gasteiger partial charge in [-0.05, 0) is 30.9 Å². The van der Waals surface area contributed by atoms with E-state index in [0.717, 1.165) is 26.1 Å². The number of nitrogens with one attached hydrogen (secondary N) is 1. The van der Waals surface area contributed by atoms with Crippen molar-refractivity contribution in [1.29, 1.82) is 0 Å². The Labute approximate surface area is 121 Å². The quantitative estimate of drug-likeness (QED) is 0.864. The number of ether oxygens (including phenoxy) is 1. The molecule has 0 aliphatic carbocycles. The molecule has 0 aromatic heterocycles. The Morgan fingerprint density at radius 1 is 1.45 bits per heavy atom. The lowest BCUT2D eigenvalue weighted by atomic mass is 10.1. The molecule has 1 fully saturated rings. The summed E-state index contributed by atoms with van der Waals surface area (Å²) in [6.45, 7) is 5.50. The van der Waals surface area contributed by atoms with Gasteiger partial charge in [-0.15, -0.1) is 0 Å². The van der Waals surface area contributed by atoms with Gasteiger partial charge in [0, 0.05) is 38.9 Å². The summed E-state index contributed by atoms with van der Waals surface area (Å²) in [4.78, 5) is 14.0. The maximum Gasteiger partial charge on any atom is 0.222 e. The highest BCUT2D eigenvalue weighted by atomic mass is 16.5. The van der Waals surface area contributed by atoms with E-state index >= 15 is 0 Å². The van der Waals surface area contributed by atoms with Crippen LogP contribution in [-0.2, 0) is 9.53 Å². The predicted molar refractivity (Wildman–Crippen MR) is 81.0 cm³/mol. The van der Waals surface area contributed by atoms with E-state index in [1.165, 1.54) is 11.3 Å². The van der Waals surface area contributed by atoms with Gasteiger partial charge in [0.25, 0.3) is 0 Å². The van der Waals surface area contributed by atoms with Gasteiger partial charge in [-0.25, -0.2) is 0 Å². The van der Waals surface area contributed by atoms with Gasteiger partial charge in [0.15, 0.2) is 0 Å². The van der Waals surface area contributed by atoms with Gasteiger partial charge in [-0.1, -0.05) is 18.2 Å². The number of rotatable bonds is 6. The minimum atomic E-state index is 0.0844. The number of amides is 1. The van der Waals surface area contributed by atoms with Crippen molar-refractivity contribution in [3.8, 4) is 0 Å². The first kappa shape index (κ1) is 14.9. The van der Waals surface area contributed by atoms with Gasteiger partial charge >= 0.3 is 0 Å². The van der Waals surface area contributed by atoms with Crippen LogP contribution in [0.25, 0.3) is 0 Å². The molecular formula is C16H24N2O2. The second kappa shape index (κ2) is 7.29. The van der Waals surface area contributed by atoms with Gasteiger partial charge in [0.2, 0.25) is 5.91 Å². The van der Waals surface area contributed by atoms with Crippen LogP contribution < -0.4 is 10.2 Å². The molecule has 0 spiro atoms. The molecule has 0 unspecified atom stereocenters. The number of carbonyl (C=O) groups excluding carboxylic acids is 1. The molecule has 1 amide bonds. The predicted octanol–water partition coefficient (Wildman–Crippen LogP) is 1.97. The molecule has 4 heteroatoms. The number of hydrogen-bond acceptors (Lipinski definition) is 3. The van der Waals surface area contributed by atoms with E-state index in [4.69, 9.17) is 4.74 Å². The number of aryl methyl sites for hydroxylation is 1. The Morgan fingerprint density at radius 3 is 3.00 bits per heavy atom. The fourth-order valence-corrected chi connectivity index (χ4v) is 2.68. The van der Waals surface area contributed by atoms with Gasteiger partial charge < -0.3 is 15.0 Å². The fourth-order valence-electron chi connectivity index (χ4n) is 2.68. The summed E-state index contributed by atoms with van der Waals surface area (Å²) in [6.07, 6.45) is 1.59. The molecule has 4 nitrogen and oxygen atoms in total. The van der Waals surface area contributed by atoms with Gasteiger partial charge in [-0.3, -0.25) is 4.79 Å². The second-order valence-electron chi connectivity index (χ2n) is 5.43. The molecule has 1 N–H and O–H groups in total. The van der Waals surface area contributed by atoms with Crippen LogP contribution in [0.4, 0.5) is 5.69 Å². The lowest BCUT2D eigenvalue weighted by Gasteiger charge is -2.21. The zero-order chi connectivity index (χ0) is 14.4. The van der Waals surface area contributed by atoms with Crippen LogP contribution in [0.5, 0.6) is 0 Å². The van der Waals surface area contributed by atoms with Gasteiger partial charge in [0.1, 0.15) is 0 Å². The average molecular weight is 276 g/mol. The molecule has 0 bridgehead atoms. The highest BCUT2D eigenvalue weighted by Gasteiger charge is 2.23. The first-order chi connectivity index (χ1) is 9.70. The number of nitrogens with zero attached hydrogens (tertiary/aromatic N) is 1. The molecule has 0 radical (unpaired) electrons. The van der Waals surface area contributed by atoms with Crippen molar-refractivity contribution in [3.05, 3.63) is 29.8 Å². The Bertz CT molecular complexity index is 448. The SMILES string of the molecule is COCCC(=O)NC[C@H]1CCN(c2ccccc2C)C1. The standard InChI is InChI=1S/C16H24N2O2/c1-13-5-3-4-6-15(13)18-9-7-14(12-18)11-17-16(19)8-10-20-2/h3-6,14H,7-12H2,1-2H3,(H,17,19)/t14-/m1/s1. The maximum atomic E-state index is 11.6. The van der Waals surface area contributed by atoms with Crippen LogP contribution in [0, 0.1) is 12.8 Å². The minimum absolute atomic E-state index is 0.0844. The van der Waals surface area contributed by atoms with Crippen LogP contribution in [0.1, 0.15) is 18.4 Å². The zero-order valence-corrected chi connectivity index (χ0v) is 12.4. The van der Waals surface area contributed by atoms with Gasteiger partial charge in [0.05, 0.1) is 6.61 Å². The molecule has 20 heavy (non-hydrogen) atoms. The lowest BCUT2D eigenvalue weighted by molar-refractivity contribution is -0.122. The summed E-state index contributed by atoms with van der Waals surface area (Å²) in [5.41, 5.74) is 2.64. The molecule has 2 rings (SSSR count). The van der Waals surface area contributed by atoms with Gasteiger partial charge in [-0.2, -0.15) is 0 Å². The molecule has 1 heterocycles. The number of carbonyl (C=O) groups is 1. The van der Waals surface area contributed by atoms with Crippen molar-refractivity contribution in [2.45, 2.75) is 19.8 Å². The molecule has 1 aromatic carbocycles. The van der Waals surface area contributed by atoms with Crippen LogP contribution in [-0.4, -0.2) is 39.3 Å². The van der Waals surface area contributed by atoms with Crippen molar-refractivity contribution in [3.63, 3.8) is 0 Å². The number of para-hydroxylation sites is 1. The van der Waals surface area contributed by atoms with E-state index in [-0.39, 0.29) is 5.91 Å². The molecular weight excluding hydrogens is 252 g/mol. The third-order valence-corrected chi connectivity index (χ3v) is 3.86. The van der Waals surface area contributed by atoms with Crippen LogP contribution in [0.15, 0.2) is 24.3 Å². The summed E-state index contributed by atoms with van der Waals surface area (Å²) < 4.78 is 4.90. The van der Waals surface area contributed by atoms with E-state index < -0.39 is 0 Å². The van der Waals surface area contributed by atoms with Crippen LogP contribution in [0.3, 0.4) is 0 Å². The van der Waals surface area contributed by atoms with E-state index in [2.05, 4.69) is 41.4 Å². The van der Waals surface area contributed by atoms with E-state index in [0.29, 0.717) is 18.9 Å². The number of methoxy groups -OCH3 is 1. The Kier molecular flexibility index (Phi) is 5.41. The number of hydrogen-bond donors (Lipinski definition) is 1. The largest absolute Gasteiger partial charge is 0.384 e.